The number of thiophene rings is 1. The molecule has 0 N–H and O–H groups in total. The highest BCUT2D eigenvalue weighted by Crippen LogP contribution is 2.26. The highest BCUT2D eigenvalue weighted by molar-refractivity contribution is 7.13. The summed E-state index contributed by atoms with van der Waals surface area (Å²) in [7, 11) is 3.55. The lowest BCUT2D eigenvalue weighted by molar-refractivity contribution is 0.0828. The van der Waals surface area contributed by atoms with Gasteiger partial charge < -0.3 is 9.47 Å². The van der Waals surface area contributed by atoms with Gasteiger partial charge >= 0.3 is 0 Å². The first-order valence-corrected chi connectivity index (χ1v) is 6.35. The van der Waals surface area contributed by atoms with Crippen molar-refractivity contribution in [1.82, 2.24) is 9.47 Å². The molecule has 0 aliphatic rings. The van der Waals surface area contributed by atoms with Gasteiger partial charge in [-0.15, -0.1) is 11.3 Å². The number of aryl methyl sites for hydroxylation is 2. The smallest absolute Gasteiger partial charge is 0.256 e. The third kappa shape index (κ3) is 2.00. The number of carbonyl (C=O) groups excluding carboxylic acids is 1. The maximum absolute atomic E-state index is 12.1. The molecule has 1 amide bonds. The first-order valence-electron chi connectivity index (χ1n) is 5.47. The summed E-state index contributed by atoms with van der Waals surface area (Å²) < 4.78 is 2.13. The molecule has 0 aliphatic carbocycles. The number of hydrogen-bond acceptors (Lipinski definition) is 2. The van der Waals surface area contributed by atoms with Crippen LogP contribution in [0.2, 0.25) is 0 Å². The standard InChI is InChI=1S/C13H16N2OS/c1-9-5-6-10(2)15(9)13-11(7-8-17-13)12(16)14(3)4/h5-8H,1-4H3. The summed E-state index contributed by atoms with van der Waals surface area (Å²) in [5.74, 6) is 0.0498. The van der Waals surface area contributed by atoms with E-state index >= 15 is 0 Å². The maximum Gasteiger partial charge on any atom is 0.256 e. The Bertz CT molecular complexity index is 532. The third-order valence-corrected chi connectivity index (χ3v) is 3.65. The number of amides is 1. The molecule has 2 aromatic rings. The van der Waals surface area contributed by atoms with Crippen molar-refractivity contribution >= 4 is 17.2 Å². The molecule has 0 saturated heterocycles. The fraction of sp³-hybridized carbons (Fsp3) is 0.308. The van der Waals surface area contributed by atoms with E-state index in [9.17, 15) is 4.79 Å². The predicted octanol–water partition coefficient (Wildman–Crippen LogP) is 2.86. The molecule has 3 nitrogen and oxygen atoms in total. The molecule has 2 heterocycles. The molecule has 0 unspecified atom stereocenters. The van der Waals surface area contributed by atoms with Crippen molar-refractivity contribution in [3.63, 3.8) is 0 Å². The monoisotopic (exact) mass is 248 g/mol. The Morgan fingerprint density at radius 2 is 1.76 bits per heavy atom. The van der Waals surface area contributed by atoms with Crippen LogP contribution in [0, 0.1) is 13.8 Å². The van der Waals surface area contributed by atoms with Crippen LogP contribution >= 0.6 is 11.3 Å². The van der Waals surface area contributed by atoms with Gasteiger partial charge in [-0.1, -0.05) is 0 Å². The second kappa shape index (κ2) is 4.37. The molecule has 0 aromatic carbocycles. The molecule has 17 heavy (non-hydrogen) atoms. The van der Waals surface area contributed by atoms with Crippen LogP contribution in [-0.2, 0) is 0 Å². The van der Waals surface area contributed by atoms with Crippen molar-refractivity contribution in [2.24, 2.45) is 0 Å². The number of aromatic nitrogens is 1. The summed E-state index contributed by atoms with van der Waals surface area (Å²) in [5, 5.41) is 2.97. The number of rotatable bonds is 2. The molecular formula is C13H16N2OS. The first-order chi connectivity index (χ1) is 8.02. The van der Waals surface area contributed by atoms with E-state index in [0.717, 1.165) is 22.0 Å². The lowest BCUT2D eigenvalue weighted by atomic mass is 10.3. The zero-order valence-corrected chi connectivity index (χ0v) is 11.3. The summed E-state index contributed by atoms with van der Waals surface area (Å²) in [5.41, 5.74) is 3.07. The second-order valence-corrected chi connectivity index (χ2v) is 5.19. The molecule has 2 rings (SSSR count). The third-order valence-electron chi connectivity index (χ3n) is 2.76. The van der Waals surface area contributed by atoms with Gasteiger partial charge in [-0.3, -0.25) is 4.79 Å². The summed E-state index contributed by atoms with van der Waals surface area (Å²) in [6, 6.07) is 6.03. The van der Waals surface area contributed by atoms with Crippen molar-refractivity contribution < 1.29 is 4.79 Å². The van der Waals surface area contributed by atoms with Crippen LogP contribution in [0.25, 0.3) is 5.00 Å². The SMILES string of the molecule is Cc1ccc(C)n1-c1sccc1C(=O)N(C)C. The van der Waals surface area contributed by atoms with Crippen LogP contribution in [0.4, 0.5) is 0 Å². The molecule has 2 aromatic heterocycles. The van der Waals surface area contributed by atoms with Gasteiger partial charge in [0.25, 0.3) is 5.91 Å². The molecule has 0 spiro atoms. The summed E-state index contributed by atoms with van der Waals surface area (Å²) >= 11 is 1.60. The van der Waals surface area contributed by atoms with E-state index in [1.165, 1.54) is 0 Å². The van der Waals surface area contributed by atoms with E-state index in [1.807, 2.05) is 11.4 Å². The average molecular weight is 248 g/mol. The van der Waals surface area contributed by atoms with Gasteiger partial charge in [-0.05, 0) is 37.4 Å². The van der Waals surface area contributed by atoms with Crippen molar-refractivity contribution in [2.75, 3.05) is 14.1 Å². The Labute approximate surface area is 105 Å². The van der Waals surface area contributed by atoms with Gasteiger partial charge in [0.15, 0.2) is 0 Å². The Morgan fingerprint density at radius 1 is 1.18 bits per heavy atom. The normalized spacial score (nSPS) is 10.6. The minimum atomic E-state index is 0.0498. The lowest BCUT2D eigenvalue weighted by Gasteiger charge is -2.13. The summed E-state index contributed by atoms with van der Waals surface area (Å²) in [6.45, 7) is 4.10. The minimum absolute atomic E-state index is 0.0498. The highest BCUT2D eigenvalue weighted by atomic mass is 32.1. The average Bonchev–Trinajstić information content (AvgIpc) is 2.84. The van der Waals surface area contributed by atoms with Gasteiger partial charge in [0.2, 0.25) is 0 Å². The van der Waals surface area contributed by atoms with Gasteiger partial charge in [0.05, 0.1) is 5.56 Å². The van der Waals surface area contributed by atoms with E-state index < -0.39 is 0 Å². The van der Waals surface area contributed by atoms with E-state index in [1.54, 1.807) is 30.3 Å². The molecule has 0 atom stereocenters. The van der Waals surface area contributed by atoms with Gasteiger partial charge in [-0.2, -0.15) is 0 Å². The van der Waals surface area contributed by atoms with E-state index in [2.05, 4.69) is 30.5 Å². The van der Waals surface area contributed by atoms with Gasteiger partial charge in [0.1, 0.15) is 5.00 Å². The number of nitrogens with zero attached hydrogens (tertiary/aromatic N) is 2. The summed E-state index contributed by atoms with van der Waals surface area (Å²) in [4.78, 5) is 13.7. The Kier molecular flexibility index (Phi) is 3.07. The summed E-state index contributed by atoms with van der Waals surface area (Å²) in [6.07, 6.45) is 0. The van der Waals surface area contributed by atoms with Crippen LogP contribution in [0.5, 0.6) is 0 Å². The quantitative estimate of drug-likeness (QED) is 0.802. The lowest BCUT2D eigenvalue weighted by Crippen LogP contribution is -2.22. The zero-order valence-electron chi connectivity index (χ0n) is 10.5. The molecule has 0 fully saturated rings. The Morgan fingerprint density at radius 3 is 2.29 bits per heavy atom. The van der Waals surface area contributed by atoms with E-state index in [0.29, 0.717) is 0 Å². The van der Waals surface area contributed by atoms with Crippen molar-refractivity contribution in [1.29, 1.82) is 0 Å². The Hall–Kier alpha value is -1.55. The fourth-order valence-corrected chi connectivity index (χ4v) is 2.88. The first kappa shape index (κ1) is 11.9. The molecule has 90 valence electrons. The second-order valence-electron chi connectivity index (χ2n) is 4.29. The molecule has 0 saturated carbocycles. The highest BCUT2D eigenvalue weighted by Gasteiger charge is 2.17. The van der Waals surface area contributed by atoms with Crippen molar-refractivity contribution in [3.8, 4) is 5.00 Å². The van der Waals surface area contributed by atoms with Crippen LogP contribution in [-0.4, -0.2) is 29.5 Å². The van der Waals surface area contributed by atoms with Crippen LogP contribution in [0.3, 0.4) is 0 Å². The number of hydrogen-bond donors (Lipinski definition) is 0. The topological polar surface area (TPSA) is 25.2 Å². The van der Waals surface area contributed by atoms with E-state index in [4.69, 9.17) is 0 Å². The van der Waals surface area contributed by atoms with Crippen LogP contribution in [0.15, 0.2) is 23.6 Å². The zero-order chi connectivity index (χ0) is 12.6. The largest absolute Gasteiger partial charge is 0.345 e. The predicted molar refractivity (Wildman–Crippen MR) is 71.1 cm³/mol. The van der Waals surface area contributed by atoms with Crippen molar-refractivity contribution in [3.05, 3.63) is 40.5 Å². The van der Waals surface area contributed by atoms with Crippen LogP contribution in [0.1, 0.15) is 21.7 Å². The molecule has 0 bridgehead atoms. The van der Waals surface area contributed by atoms with Crippen LogP contribution < -0.4 is 0 Å². The number of carbonyl (C=O) groups is 1. The molecular weight excluding hydrogens is 232 g/mol. The maximum atomic E-state index is 12.1. The fourth-order valence-electron chi connectivity index (χ4n) is 1.87. The minimum Gasteiger partial charge on any atom is -0.345 e. The molecule has 0 radical (unpaired) electrons. The van der Waals surface area contributed by atoms with Crippen molar-refractivity contribution in [2.45, 2.75) is 13.8 Å². The molecule has 0 aliphatic heterocycles. The van der Waals surface area contributed by atoms with Gasteiger partial charge in [-0.25, -0.2) is 0 Å². The molecule has 4 heteroatoms. The van der Waals surface area contributed by atoms with Gasteiger partial charge in [0, 0.05) is 25.5 Å². The Balaban J connectivity index is 2.55. The van der Waals surface area contributed by atoms with E-state index in [-0.39, 0.29) is 5.91 Å².